The third kappa shape index (κ3) is 3.72. The van der Waals surface area contributed by atoms with Crippen LogP contribution in [0.15, 0.2) is 48.5 Å². The number of amides is 1. The molecule has 25 heavy (non-hydrogen) atoms. The third-order valence-electron chi connectivity index (χ3n) is 4.26. The fourth-order valence-electron chi connectivity index (χ4n) is 3.17. The lowest BCUT2D eigenvalue weighted by Gasteiger charge is -2.43. The predicted molar refractivity (Wildman–Crippen MR) is 99.4 cm³/mol. The molecule has 0 aromatic heterocycles. The number of ether oxygens (including phenoxy) is 1. The van der Waals surface area contributed by atoms with Gasteiger partial charge in [-0.15, -0.1) is 0 Å². The number of anilines is 2. The molecule has 2 aromatic carbocycles. The molecule has 1 aliphatic heterocycles. The van der Waals surface area contributed by atoms with Gasteiger partial charge in [0.05, 0.1) is 17.4 Å². The summed E-state index contributed by atoms with van der Waals surface area (Å²) in [5.74, 6) is 0.638. The van der Waals surface area contributed by atoms with E-state index in [0.29, 0.717) is 17.3 Å². The average molecular weight is 361 g/mol. The molecule has 2 atom stereocenters. The van der Waals surface area contributed by atoms with E-state index in [1.807, 2.05) is 36.1 Å². The lowest BCUT2D eigenvalue weighted by Crippen LogP contribution is -2.53. The van der Waals surface area contributed by atoms with E-state index in [2.05, 4.69) is 0 Å². The van der Waals surface area contributed by atoms with Gasteiger partial charge in [-0.3, -0.25) is 4.79 Å². The molecule has 0 fully saturated rings. The SMILES string of the molecule is CC(=O)N1c2ccccc2N(C(O)COc2ccc(Cl)cc2)C[C@@H]1C. The lowest BCUT2D eigenvalue weighted by atomic mass is 10.1. The van der Waals surface area contributed by atoms with E-state index in [4.69, 9.17) is 16.3 Å². The Labute approximate surface area is 152 Å². The van der Waals surface area contributed by atoms with Crippen LogP contribution in [-0.2, 0) is 4.79 Å². The van der Waals surface area contributed by atoms with Crippen molar-refractivity contribution in [2.75, 3.05) is 23.0 Å². The van der Waals surface area contributed by atoms with Crippen molar-refractivity contribution in [2.45, 2.75) is 26.1 Å². The largest absolute Gasteiger partial charge is 0.489 e. The normalized spacial score (nSPS) is 17.8. The Morgan fingerprint density at radius 2 is 1.88 bits per heavy atom. The number of fused-ring (bicyclic) bond motifs is 1. The molecule has 0 bridgehead atoms. The van der Waals surface area contributed by atoms with E-state index >= 15 is 0 Å². The number of rotatable bonds is 4. The van der Waals surface area contributed by atoms with Gasteiger partial charge in [-0.1, -0.05) is 23.7 Å². The molecule has 2 aromatic rings. The van der Waals surface area contributed by atoms with Crippen molar-refractivity contribution in [3.8, 4) is 5.75 Å². The molecule has 3 rings (SSSR count). The van der Waals surface area contributed by atoms with E-state index in [1.54, 1.807) is 36.1 Å². The van der Waals surface area contributed by atoms with Crippen molar-refractivity contribution in [2.24, 2.45) is 0 Å². The van der Waals surface area contributed by atoms with Crippen LogP contribution in [0, 0.1) is 0 Å². The van der Waals surface area contributed by atoms with Crippen LogP contribution in [0.1, 0.15) is 13.8 Å². The average Bonchev–Trinajstić information content (AvgIpc) is 2.59. The molecule has 1 aliphatic rings. The summed E-state index contributed by atoms with van der Waals surface area (Å²) >= 11 is 5.86. The Morgan fingerprint density at radius 3 is 2.52 bits per heavy atom. The first-order valence-corrected chi connectivity index (χ1v) is 8.57. The zero-order valence-corrected chi connectivity index (χ0v) is 15.0. The molecule has 6 heteroatoms. The first-order chi connectivity index (χ1) is 12.0. The maximum Gasteiger partial charge on any atom is 0.224 e. The molecule has 5 nitrogen and oxygen atoms in total. The molecule has 0 aliphatic carbocycles. The Hall–Kier alpha value is -2.24. The standard InChI is InChI=1S/C19H21ClN2O3/c1-13-11-21(17-5-3-4-6-18(17)22(13)14(2)23)19(24)12-25-16-9-7-15(20)8-10-16/h3-10,13,19,24H,11-12H2,1-2H3/t13-,19?/m0/s1. The summed E-state index contributed by atoms with van der Waals surface area (Å²) in [4.78, 5) is 15.6. The number of carbonyl (C=O) groups is 1. The zero-order valence-electron chi connectivity index (χ0n) is 14.2. The van der Waals surface area contributed by atoms with E-state index in [0.717, 1.165) is 11.4 Å². The van der Waals surface area contributed by atoms with Crippen molar-refractivity contribution < 1.29 is 14.6 Å². The highest BCUT2D eigenvalue weighted by Gasteiger charge is 2.33. The van der Waals surface area contributed by atoms with Gasteiger partial charge in [-0.2, -0.15) is 0 Å². The topological polar surface area (TPSA) is 53.0 Å². The number of carbonyl (C=O) groups excluding carboxylic acids is 1. The van der Waals surface area contributed by atoms with Crippen molar-refractivity contribution in [3.05, 3.63) is 53.6 Å². The van der Waals surface area contributed by atoms with Gasteiger partial charge in [0, 0.05) is 18.5 Å². The van der Waals surface area contributed by atoms with Gasteiger partial charge in [0.25, 0.3) is 0 Å². The monoisotopic (exact) mass is 360 g/mol. The second-order valence-electron chi connectivity index (χ2n) is 6.12. The minimum Gasteiger partial charge on any atom is -0.489 e. The molecular formula is C19H21ClN2O3. The molecular weight excluding hydrogens is 340 g/mol. The molecule has 1 heterocycles. The molecule has 1 amide bonds. The molecule has 0 saturated carbocycles. The number of nitrogens with zero attached hydrogens (tertiary/aromatic N) is 2. The van der Waals surface area contributed by atoms with Gasteiger partial charge in [0.2, 0.25) is 5.91 Å². The summed E-state index contributed by atoms with van der Waals surface area (Å²) in [7, 11) is 0. The van der Waals surface area contributed by atoms with Crippen LogP contribution in [0.4, 0.5) is 11.4 Å². The first-order valence-electron chi connectivity index (χ1n) is 8.19. The van der Waals surface area contributed by atoms with Gasteiger partial charge in [-0.05, 0) is 43.3 Å². The summed E-state index contributed by atoms with van der Waals surface area (Å²) in [6.07, 6.45) is -0.826. The number of aliphatic hydroxyl groups is 1. The van der Waals surface area contributed by atoms with Crippen LogP contribution in [0.25, 0.3) is 0 Å². The molecule has 1 unspecified atom stereocenters. The van der Waals surface area contributed by atoms with Gasteiger partial charge in [0.1, 0.15) is 12.4 Å². The van der Waals surface area contributed by atoms with Gasteiger partial charge < -0.3 is 19.6 Å². The quantitative estimate of drug-likeness (QED) is 0.909. The van der Waals surface area contributed by atoms with Crippen LogP contribution in [0.2, 0.25) is 5.02 Å². The maximum absolute atomic E-state index is 12.0. The van der Waals surface area contributed by atoms with Crippen molar-refractivity contribution >= 4 is 28.9 Å². The van der Waals surface area contributed by atoms with Crippen molar-refractivity contribution in [1.82, 2.24) is 0 Å². The molecule has 0 radical (unpaired) electrons. The molecule has 132 valence electrons. The van der Waals surface area contributed by atoms with Gasteiger partial charge in [0.15, 0.2) is 6.23 Å². The third-order valence-corrected chi connectivity index (χ3v) is 4.52. The number of hydrogen-bond donors (Lipinski definition) is 1. The molecule has 0 spiro atoms. The number of para-hydroxylation sites is 2. The van der Waals surface area contributed by atoms with E-state index < -0.39 is 6.23 Å². The smallest absolute Gasteiger partial charge is 0.224 e. The summed E-state index contributed by atoms with van der Waals surface area (Å²) in [6, 6.07) is 14.6. The van der Waals surface area contributed by atoms with E-state index in [9.17, 15) is 9.90 Å². The van der Waals surface area contributed by atoms with Gasteiger partial charge >= 0.3 is 0 Å². The lowest BCUT2D eigenvalue weighted by molar-refractivity contribution is -0.117. The highest BCUT2D eigenvalue weighted by molar-refractivity contribution is 6.30. The number of benzene rings is 2. The minimum atomic E-state index is -0.826. The van der Waals surface area contributed by atoms with Crippen LogP contribution in [0.3, 0.4) is 0 Å². The van der Waals surface area contributed by atoms with Crippen LogP contribution >= 0.6 is 11.6 Å². The van der Waals surface area contributed by atoms with E-state index in [1.165, 1.54) is 0 Å². The maximum atomic E-state index is 12.0. The number of hydrogen-bond acceptors (Lipinski definition) is 4. The van der Waals surface area contributed by atoms with E-state index in [-0.39, 0.29) is 18.6 Å². The Balaban J connectivity index is 1.78. The fourth-order valence-corrected chi connectivity index (χ4v) is 3.29. The summed E-state index contributed by atoms with van der Waals surface area (Å²) < 4.78 is 5.67. The highest BCUT2D eigenvalue weighted by Crippen LogP contribution is 2.36. The minimum absolute atomic E-state index is 0.00787. The van der Waals surface area contributed by atoms with Crippen LogP contribution in [-0.4, -0.2) is 36.4 Å². The Morgan fingerprint density at radius 1 is 1.24 bits per heavy atom. The van der Waals surface area contributed by atoms with Gasteiger partial charge in [-0.25, -0.2) is 0 Å². The highest BCUT2D eigenvalue weighted by atomic mass is 35.5. The number of aliphatic hydroxyl groups excluding tert-OH is 1. The fraction of sp³-hybridized carbons (Fsp3) is 0.316. The summed E-state index contributed by atoms with van der Waals surface area (Å²) in [6.45, 7) is 4.17. The summed E-state index contributed by atoms with van der Waals surface area (Å²) in [5, 5.41) is 11.3. The predicted octanol–water partition coefficient (Wildman–Crippen LogP) is 3.30. The Kier molecular flexibility index (Phi) is 5.16. The van der Waals surface area contributed by atoms with Crippen LogP contribution < -0.4 is 14.5 Å². The van der Waals surface area contributed by atoms with Crippen LogP contribution in [0.5, 0.6) is 5.75 Å². The first kappa shape index (κ1) is 17.6. The van der Waals surface area contributed by atoms with Crippen molar-refractivity contribution in [1.29, 1.82) is 0 Å². The second kappa shape index (κ2) is 7.33. The van der Waals surface area contributed by atoms with Crippen molar-refractivity contribution in [3.63, 3.8) is 0 Å². The Bertz CT molecular complexity index is 751. The second-order valence-corrected chi connectivity index (χ2v) is 6.56. The zero-order chi connectivity index (χ0) is 18.0. The molecule has 0 saturated heterocycles. The summed E-state index contributed by atoms with van der Waals surface area (Å²) in [5.41, 5.74) is 1.63. The molecule has 1 N–H and O–H groups in total. The number of halogens is 1.